The topological polar surface area (TPSA) is 101 Å². The molecule has 0 aliphatic heterocycles. The molecule has 1 aromatic heterocycles. The molecule has 28 heavy (non-hydrogen) atoms. The second-order valence-corrected chi connectivity index (χ2v) is 7.36. The summed E-state index contributed by atoms with van der Waals surface area (Å²) in [5.74, 6) is -0.855. The number of carbonyl (C=O) groups excluding carboxylic acids is 3. The van der Waals surface area contributed by atoms with Crippen LogP contribution < -0.4 is 16.1 Å². The van der Waals surface area contributed by atoms with Gasteiger partial charge >= 0.3 is 6.09 Å². The van der Waals surface area contributed by atoms with E-state index in [2.05, 4.69) is 16.1 Å². The first kappa shape index (κ1) is 21.0. The van der Waals surface area contributed by atoms with Crippen LogP contribution in [0.2, 0.25) is 0 Å². The van der Waals surface area contributed by atoms with Gasteiger partial charge in [-0.3, -0.25) is 19.7 Å². The Kier molecular flexibility index (Phi) is 6.45. The maximum atomic E-state index is 12.6. The van der Waals surface area contributed by atoms with Crippen molar-refractivity contribution in [2.24, 2.45) is 0 Å². The highest BCUT2D eigenvalue weighted by molar-refractivity contribution is 6.04. The summed E-state index contributed by atoms with van der Waals surface area (Å²) in [6.07, 6.45) is -0.693. The Morgan fingerprint density at radius 1 is 1.04 bits per heavy atom. The highest BCUT2D eigenvalue weighted by Crippen LogP contribution is 2.12. The number of nitrogens with one attached hydrogen (secondary N) is 3. The van der Waals surface area contributed by atoms with Gasteiger partial charge in [0.1, 0.15) is 17.3 Å². The van der Waals surface area contributed by atoms with E-state index in [1.165, 1.54) is 11.6 Å². The van der Waals surface area contributed by atoms with Crippen LogP contribution in [0.1, 0.15) is 43.9 Å². The van der Waals surface area contributed by atoms with Gasteiger partial charge in [0.15, 0.2) is 0 Å². The summed E-state index contributed by atoms with van der Waals surface area (Å²) in [6.45, 7) is 8.49. The van der Waals surface area contributed by atoms with Crippen LogP contribution in [0.25, 0.3) is 0 Å². The number of aryl methyl sites for hydroxylation is 1. The largest absolute Gasteiger partial charge is 0.444 e. The Hall–Kier alpha value is -3.29. The Bertz CT molecular complexity index is 853. The quantitative estimate of drug-likeness (QED) is 0.735. The fraction of sp³-hybridized carbons (Fsp3) is 0.350. The summed E-state index contributed by atoms with van der Waals surface area (Å²) in [5, 5.41) is 5.24. The summed E-state index contributed by atoms with van der Waals surface area (Å²) in [7, 11) is 0. The van der Waals surface area contributed by atoms with Crippen molar-refractivity contribution in [1.82, 2.24) is 9.99 Å². The number of rotatable bonds is 5. The van der Waals surface area contributed by atoms with Crippen LogP contribution in [0, 0.1) is 6.92 Å². The van der Waals surface area contributed by atoms with Crippen LogP contribution in [-0.4, -0.2) is 34.2 Å². The molecule has 3 amide bonds. The van der Waals surface area contributed by atoms with Crippen molar-refractivity contribution in [2.75, 3.05) is 10.7 Å². The number of nitrogens with zero attached hydrogens (tertiary/aromatic N) is 1. The summed E-state index contributed by atoms with van der Waals surface area (Å²) >= 11 is 0. The van der Waals surface area contributed by atoms with Crippen molar-refractivity contribution >= 4 is 23.6 Å². The van der Waals surface area contributed by atoms with Gasteiger partial charge < -0.3 is 15.4 Å². The van der Waals surface area contributed by atoms with Crippen molar-refractivity contribution in [3.63, 3.8) is 0 Å². The van der Waals surface area contributed by atoms with E-state index in [0.29, 0.717) is 11.4 Å². The molecule has 8 nitrogen and oxygen atoms in total. The smallest absolute Gasteiger partial charge is 0.408 e. The maximum absolute atomic E-state index is 12.6. The number of alkyl carbamates (subject to hydrolysis) is 1. The van der Waals surface area contributed by atoms with Crippen LogP contribution in [0.4, 0.5) is 10.5 Å². The van der Waals surface area contributed by atoms with Crippen LogP contribution in [0.15, 0.2) is 42.5 Å². The molecule has 8 heteroatoms. The fourth-order valence-corrected chi connectivity index (χ4v) is 2.34. The minimum Gasteiger partial charge on any atom is -0.444 e. The number of carbonyl (C=O) groups is 3. The molecule has 150 valence electrons. The molecule has 0 saturated carbocycles. The van der Waals surface area contributed by atoms with Crippen molar-refractivity contribution in [3.8, 4) is 0 Å². The van der Waals surface area contributed by atoms with Crippen molar-refractivity contribution in [2.45, 2.75) is 46.3 Å². The minimum absolute atomic E-state index is 0.263. The average Bonchev–Trinajstić information content (AvgIpc) is 2.94. The van der Waals surface area contributed by atoms with Gasteiger partial charge in [0.2, 0.25) is 0 Å². The van der Waals surface area contributed by atoms with Gasteiger partial charge in [-0.15, -0.1) is 0 Å². The molecule has 0 spiro atoms. The standard InChI is InChI=1S/C20H26N4O4/c1-13-11-12-16(18(26)22-15-9-7-6-8-10-15)24(13)23-17(25)14(2)21-19(27)28-20(3,4)5/h6-12,14H,1-5H3,(H,21,27)(H,22,26)(H,23,25)/t14-/m0/s1. The molecular formula is C20H26N4O4. The predicted molar refractivity (Wildman–Crippen MR) is 107 cm³/mol. The number of para-hydroxylation sites is 1. The van der Waals surface area contributed by atoms with E-state index >= 15 is 0 Å². The Balaban J connectivity index is 2.05. The lowest BCUT2D eigenvalue weighted by molar-refractivity contribution is -0.118. The fourth-order valence-electron chi connectivity index (χ4n) is 2.34. The number of hydrogen-bond donors (Lipinski definition) is 3. The third-order valence-electron chi connectivity index (χ3n) is 3.69. The van der Waals surface area contributed by atoms with Crippen LogP contribution in [-0.2, 0) is 9.53 Å². The van der Waals surface area contributed by atoms with Gasteiger partial charge in [-0.2, -0.15) is 0 Å². The van der Waals surface area contributed by atoms with Crippen LogP contribution >= 0.6 is 0 Å². The monoisotopic (exact) mass is 386 g/mol. The molecule has 2 rings (SSSR count). The molecule has 0 unspecified atom stereocenters. The molecule has 0 saturated heterocycles. The van der Waals surface area contributed by atoms with E-state index in [4.69, 9.17) is 4.74 Å². The molecule has 1 aromatic carbocycles. The molecule has 0 aliphatic carbocycles. The third kappa shape index (κ3) is 5.87. The van der Waals surface area contributed by atoms with Gasteiger partial charge in [-0.25, -0.2) is 4.79 Å². The zero-order valence-electron chi connectivity index (χ0n) is 16.7. The van der Waals surface area contributed by atoms with Gasteiger partial charge in [0.05, 0.1) is 0 Å². The molecule has 2 aromatic rings. The number of aromatic nitrogens is 1. The second kappa shape index (κ2) is 8.60. The third-order valence-corrected chi connectivity index (χ3v) is 3.69. The first-order valence-corrected chi connectivity index (χ1v) is 8.92. The normalized spacial score (nSPS) is 12.0. The van der Waals surface area contributed by atoms with Gasteiger partial charge in [0, 0.05) is 11.4 Å². The number of ether oxygens (including phenoxy) is 1. The van der Waals surface area contributed by atoms with Crippen molar-refractivity contribution in [3.05, 3.63) is 53.9 Å². The predicted octanol–water partition coefficient (Wildman–Crippen LogP) is 3.03. The molecule has 0 aliphatic rings. The highest BCUT2D eigenvalue weighted by Gasteiger charge is 2.23. The summed E-state index contributed by atoms with van der Waals surface area (Å²) in [6, 6.07) is 11.5. The second-order valence-electron chi connectivity index (χ2n) is 7.36. The molecule has 0 bridgehead atoms. The zero-order chi connectivity index (χ0) is 20.9. The van der Waals surface area contributed by atoms with E-state index in [1.807, 2.05) is 18.2 Å². The van der Waals surface area contributed by atoms with Gasteiger partial charge in [0.25, 0.3) is 11.8 Å². The van der Waals surface area contributed by atoms with E-state index in [-0.39, 0.29) is 11.6 Å². The summed E-state index contributed by atoms with van der Waals surface area (Å²) < 4.78 is 6.53. The number of hydrogen-bond acceptors (Lipinski definition) is 4. The molecule has 1 heterocycles. The minimum atomic E-state index is -0.860. The zero-order valence-corrected chi connectivity index (χ0v) is 16.7. The lowest BCUT2D eigenvalue weighted by Crippen LogP contribution is -2.46. The van der Waals surface area contributed by atoms with Crippen LogP contribution in [0.5, 0.6) is 0 Å². The van der Waals surface area contributed by atoms with E-state index in [9.17, 15) is 14.4 Å². The first-order valence-electron chi connectivity index (χ1n) is 8.92. The summed E-state index contributed by atoms with van der Waals surface area (Å²) in [4.78, 5) is 36.9. The average molecular weight is 386 g/mol. The van der Waals surface area contributed by atoms with E-state index in [0.717, 1.165) is 0 Å². The maximum Gasteiger partial charge on any atom is 0.408 e. The Morgan fingerprint density at radius 3 is 2.29 bits per heavy atom. The van der Waals surface area contributed by atoms with Crippen molar-refractivity contribution < 1.29 is 19.1 Å². The Morgan fingerprint density at radius 2 is 1.68 bits per heavy atom. The van der Waals surface area contributed by atoms with Gasteiger partial charge in [-0.05, 0) is 58.9 Å². The lowest BCUT2D eigenvalue weighted by Gasteiger charge is -2.22. The number of anilines is 1. The van der Waals surface area contributed by atoms with E-state index < -0.39 is 23.6 Å². The Labute approximate surface area is 164 Å². The van der Waals surface area contributed by atoms with Gasteiger partial charge in [-0.1, -0.05) is 18.2 Å². The van der Waals surface area contributed by atoms with Crippen LogP contribution in [0.3, 0.4) is 0 Å². The molecular weight excluding hydrogens is 360 g/mol. The number of amides is 3. The summed E-state index contributed by atoms with van der Waals surface area (Å²) in [5.41, 5.74) is 3.54. The first-order chi connectivity index (χ1) is 13.1. The molecule has 0 radical (unpaired) electrons. The SMILES string of the molecule is Cc1ccc(C(=O)Nc2ccccc2)n1NC(=O)[C@H](C)NC(=O)OC(C)(C)C. The highest BCUT2D eigenvalue weighted by atomic mass is 16.6. The molecule has 3 N–H and O–H groups in total. The molecule has 1 atom stereocenters. The lowest BCUT2D eigenvalue weighted by atomic mass is 10.2. The van der Waals surface area contributed by atoms with E-state index in [1.54, 1.807) is 52.0 Å². The number of benzene rings is 1. The molecule has 0 fully saturated rings. The van der Waals surface area contributed by atoms with Crippen molar-refractivity contribution in [1.29, 1.82) is 0 Å².